The number of hydrogen-bond acceptors (Lipinski definition) is 7. The molecule has 0 bridgehead atoms. The number of morpholine rings is 1. The minimum Gasteiger partial charge on any atom is -0.457 e. The molecule has 9 nitrogen and oxygen atoms in total. The van der Waals surface area contributed by atoms with Crippen LogP contribution in [0.2, 0.25) is 0 Å². The number of para-hydroxylation sites is 1. The zero-order chi connectivity index (χ0) is 34.8. The number of aliphatic hydroxyl groups excluding tert-OH is 1. The monoisotopic (exact) mass is 685 g/mol. The predicted molar refractivity (Wildman–Crippen MR) is 196 cm³/mol. The normalized spacial score (nSPS) is 19.3. The van der Waals surface area contributed by atoms with Crippen LogP contribution >= 0.6 is 0 Å². The maximum atomic E-state index is 12.7. The van der Waals surface area contributed by atoms with Crippen molar-refractivity contribution in [1.29, 1.82) is 0 Å². The summed E-state index contributed by atoms with van der Waals surface area (Å²) < 4.78 is 24.5. The SMILES string of the molecule is O=C(NCc1cccc(-c2ccc([C@H]3O[C@@H](CN4CCOCC4)C[C@@H](c4ccc(CO)cc4)O3)cc2)c1)Nc1ccc(Oc2ccccc2)cc1. The summed E-state index contributed by atoms with van der Waals surface area (Å²) in [6.07, 6.45) is 0.109. The largest absolute Gasteiger partial charge is 0.457 e. The summed E-state index contributed by atoms with van der Waals surface area (Å²) in [5.74, 6) is 1.45. The molecule has 2 amide bonds. The van der Waals surface area contributed by atoms with Crippen LogP contribution in [-0.2, 0) is 27.4 Å². The molecule has 2 heterocycles. The number of nitrogens with zero attached hydrogens (tertiary/aromatic N) is 1. The van der Waals surface area contributed by atoms with Gasteiger partial charge in [-0.05, 0) is 70.3 Å². The third-order valence-corrected chi connectivity index (χ3v) is 9.17. The van der Waals surface area contributed by atoms with E-state index in [1.807, 2.05) is 91.0 Å². The third-order valence-electron chi connectivity index (χ3n) is 9.17. The molecule has 3 atom stereocenters. The van der Waals surface area contributed by atoms with Crippen LogP contribution in [0, 0.1) is 0 Å². The molecule has 2 fully saturated rings. The highest BCUT2D eigenvalue weighted by Crippen LogP contribution is 2.39. The molecule has 5 aromatic rings. The highest BCUT2D eigenvalue weighted by molar-refractivity contribution is 5.89. The first-order chi connectivity index (χ1) is 25.1. The Morgan fingerprint density at radius 3 is 2.22 bits per heavy atom. The van der Waals surface area contributed by atoms with E-state index < -0.39 is 6.29 Å². The first-order valence-corrected chi connectivity index (χ1v) is 17.5. The fraction of sp³-hybridized carbons (Fsp3) is 0.262. The van der Waals surface area contributed by atoms with Gasteiger partial charge in [0.15, 0.2) is 6.29 Å². The lowest BCUT2D eigenvalue weighted by Crippen LogP contribution is -2.44. The standard InChI is InChI=1S/C42H43N3O6/c46-29-30-9-11-33(12-10-30)40-26-39(28-45-21-23-48-24-22-45)50-41(51-40)34-15-13-32(14-16-34)35-6-4-5-31(25-35)27-43-42(47)44-36-17-19-38(20-18-36)49-37-7-2-1-3-8-37/h1-20,25,39-41,46H,21-24,26-29H2,(H2,43,44,47)/t39-,40+,41+/m1/s1. The van der Waals surface area contributed by atoms with E-state index >= 15 is 0 Å². The fourth-order valence-electron chi connectivity index (χ4n) is 6.39. The highest BCUT2D eigenvalue weighted by Gasteiger charge is 2.33. The van der Waals surface area contributed by atoms with Crippen LogP contribution in [0.3, 0.4) is 0 Å². The van der Waals surface area contributed by atoms with Crippen LogP contribution in [0.4, 0.5) is 10.5 Å². The van der Waals surface area contributed by atoms with Crippen molar-refractivity contribution in [3.63, 3.8) is 0 Å². The Morgan fingerprint density at radius 1 is 0.745 bits per heavy atom. The van der Waals surface area contributed by atoms with Gasteiger partial charge in [-0.25, -0.2) is 4.79 Å². The number of rotatable bonds is 11. The minimum absolute atomic E-state index is 0.00144. The summed E-state index contributed by atoms with van der Waals surface area (Å²) in [4.78, 5) is 15.1. The van der Waals surface area contributed by atoms with E-state index in [0.29, 0.717) is 18.0 Å². The van der Waals surface area contributed by atoms with E-state index in [1.165, 1.54) is 0 Å². The summed E-state index contributed by atoms with van der Waals surface area (Å²) in [5, 5.41) is 15.4. The molecular formula is C42H43N3O6. The van der Waals surface area contributed by atoms with Gasteiger partial charge in [0, 0.05) is 43.9 Å². The Morgan fingerprint density at radius 2 is 1.47 bits per heavy atom. The van der Waals surface area contributed by atoms with Crippen molar-refractivity contribution in [2.24, 2.45) is 0 Å². The second-order valence-corrected chi connectivity index (χ2v) is 12.8. The molecule has 2 aliphatic rings. The van der Waals surface area contributed by atoms with Crippen molar-refractivity contribution in [3.8, 4) is 22.6 Å². The quantitative estimate of drug-likeness (QED) is 0.130. The predicted octanol–water partition coefficient (Wildman–Crippen LogP) is 7.84. The second kappa shape index (κ2) is 16.8. The molecule has 0 saturated carbocycles. The van der Waals surface area contributed by atoms with Crippen LogP contribution in [0.15, 0.2) is 127 Å². The van der Waals surface area contributed by atoms with Crippen LogP contribution in [0.5, 0.6) is 11.5 Å². The number of ether oxygens (including phenoxy) is 4. The Bertz CT molecular complexity index is 1850. The number of carbonyl (C=O) groups is 1. The summed E-state index contributed by atoms with van der Waals surface area (Å²) >= 11 is 0. The summed E-state index contributed by atoms with van der Waals surface area (Å²) in [5.41, 5.74) is 6.67. The minimum atomic E-state index is -0.511. The first kappa shape index (κ1) is 34.4. The second-order valence-electron chi connectivity index (χ2n) is 12.8. The van der Waals surface area contributed by atoms with Gasteiger partial charge in [-0.3, -0.25) is 4.90 Å². The van der Waals surface area contributed by atoms with Crippen molar-refractivity contribution in [3.05, 3.63) is 150 Å². The molecule has 2 aliphatic heterocycles. The summed E-state index contributed by atoms with van der Waals surface area (Å²) in [6, 6.07) is 41.0. The number of carbonyl (C=O) groups excluding carboxylic acids is 1. The van der Waals surface area contributed by atoms with Gasteiger partial charge in [0.1, 0.15) is 11.5 Å². The van der Waals surface area contributed by atoms with Crippen molar-refractivity contribution in [2.45, 2.75) is 38.1 Å². The zero-order valence-corrected chi connectivity index (χ0v) is 28.4. The van der Waals surface area contributed by atoms with E-state index in [2.05, 4.69) is 51.9 Å². The molecule has 0 unspecified atom stereocenters. The van der Waals surface area contributed by atoms with Gasteiger partial charge in [0.05, 0.1) is 32.0 Å². The lowest BCUT2D eigenvalue weighted by Gasteiger charge is -2.39. The van der Waals surface area contributed by atoms with Crippen molar-refractivity contribution in [2.75, 3.05) is 38.2 Å². The van der Waals surface area contributed by atoms with Gasteiger partial charge >= 0.3 is 6.03 Å². The molecule has 0 aromatic heterocycles. The number of amides is 2. The molecule has 3 N–H and O–H groups in total. The molecule has 0 aliphatic carbocycles. The van der Waals surface area contributed by atoms with Crippen molar-refractivity contribution < 1.29 is 28.8 Å². The fourth-order valence-corrected chi connectivity index (χ4v) is 6.39. The first-order valence-electron chi connectivity index (χ1n) is 17.5. The van der Waals surface area contributed by atoms with E-state index in [0.717, 1.165) is 78.4 Å². The van der Waals surface area contributed by atoms with E-state index in [9.17, 15) is 9.90 Å². The number of hydrogen-bond donors (Lipinski definition) is 3. The maximum absolute atomic E-state index is 12.7. The average molecular weight is 686 g/mol. The summed E-state index contributed by atoms with van der Waals surface area (Å²) in [7, 11) is 0. The zero-order valence-electron chi connectivity index (χ0n) is 28.4. The topological polar surface area (TPSA) is 102 Å². The molecular weight excluding hydrogens is 642 g/mol. The van der Waals surface area contributed by atoms with Crippen LogP contribution in [-0.4, -0.2) is 55.0 Å². The summed E-state index contributed by atoms with van der Waals surface area (Å²) in [6.45, 7) is 4.49. The lowest BCUT2D eigenvalue weighted by atomic mass is 9.99. The van der Waals surface area contributed by atoms with Crippen LogP contribution < -0.4 is 15.4 Å². The average Bonchev–Trinajstić information content (AvgIpc) is 3.19. The van der Waals surface area contributed by atoms with Crippen LogP contribution in [0.25, 0.3) is 11.1 Å². The van der Waals surface area contributed by atoms with Crippen LogP contribution in [0.1, 0.15) is 41.1 Å². The molecule has 5 aromatic carbocycles. The number of aliphatic hydroxyl groups is 1. The third kappa shape index (κ3) is 9.40. The Kier molecular flexibility index (Phi) is 11.3. The number of benzene rings is 5. The number of nitrogens with one attached hydrogen (secondary N) is 2. The van der Waals surface area contributed by atoms with Gasteiger partial charge in [-0.2, -0.15) is 0 Å². The molecule has 262 valence electrons. The van der Waals surface area contributed by atoms with Gasteiger partial charge in [-0.15, -0.1) is 0 Å². The van der Waals surface area contributed by atoms with Crippen molar-refractivity contribution >= 4 is 11.7 Å². The molecule has 2 saturated heterocycles. The van der Waals surface area contributed by atoms with Gasteiger partial charge in [-0.1, -0.05) is 84.9 Å². The van der Waals surface area contributed by atoms with E-state index in [1.54, 1.807) is 0 Å². The van der Waals surface area contributed by atoms with E-state index in [-0.39, 0.29) is 24.8 Å². The molecule has 0 radical (unpaired) electrons. The smallest absolute Gasteiger partial charge is 0.319 e. The molecule has 51 heavy (non-hydrogen) atoms. The Labute approximate surface area is 298 Å². The maximum Gasteiger partial charge on any atom is 0.319 e. The Balaban J connectivity index is 0.965. The molecule has 0 spiro atoms. The lowest BCUT2D eigenvalue weighted by molar-refractivity contribution is -0.253. The Hall–Kier alpha value is -5.03. The number of urea groups is 1. The van der Waals surface area contributed by atoms with Gasteiger partial charge < -0.3 is 34.7 Å². The molecule has 9 heteroatoms. The van der Waals surface area contributed by atoms with Crippen molar-refractivity contribution in [1.82, 2.24) is 10.2 Å². The van der Waals surface area contributed by atoms with E-state index in [4.69, 9.17) is 18.9 Å². The number of anilines is 1. The van der Waals surface area contributed by atoms with Gasteiger partial charge in [0.2, 0.25) is 0 Å². The van der Waals surface area contributed by atoms with Gasteiger partial charge in [0.25, 0.3) is 0 Å². The molecule has 7 rings (SSSR count). The highest BCUT2D eigenvalue weighted by atomic mass is 16.7.